The van der Waals surface area contributed by atoms with Gasteiger partial charge in [0.05, 0.1) is 24.1 Å². The van der Waals surface area contributed by atoms with Gasteiger partial charge in [0.2, 0.25) is 5.91 Å². The average molecular weight is 561 g/mol. The summed E-state index contributed by atoms with van der Waals surface area (Å²) in [5.41, 5.74) is 2.39. The lowest BCUT2D eigenvalue weighted by atomic mass is 9.62. The van der Waals surface area contributed by atoms with E-state index < -0.39 is 23.4 Å². The fourth-order valence-corrected chi connectivity index (χ4v) is 7.17. The molecule has 202 valence electrons. The summed E-state index contributed by atoms with van der Waals surface area (Å²) in [6.07, 6.45) is 3.79. The maximum atomic E-state index is 14.8. The molecule has 0 aromatic heterocycles. The van der Waals surface area contributed by atoms with Crippen LogP contribution in [0.2, 0.25) is 5.02 Å². The molecule has 0 saturated carbocycles. The second-order valence-electron chi connectivity index (χ2n) is 10.5. The number of halogens is 1. The zero-order valence-electron chi connectivity index (χ0n) is 22.1. The quantitative estimate of drug-likeness (QED) is 0.289. The van der Waals surface area contributed by atoms with Gasteiger partial charge < -0.3 is 15.0 Å². The minimum Gasteiger partial charge on any atom is -0.497 e. The second kappa shape index (κ2) is 9.46. The van der Waals surface area contributed by atoms with E-state index in [1.807, 2.05) is 65.7 Å². The van der Waals surface area contributed by atoms with Crippen LogP contribution in [0.3, 0.4) is 0 Å². The van der Waals surface area contributed by atoms with Crippen molar-refractivity contribution in [3.8, 4) is 5.75 Å². The van der Waals surface area contributed by atoms with E-state index in [4.69, 9.17) is 16.3 Å². The molecule has 1 fully saturated rings. The summed E-state index contributed by atoms with van der Waals surface area (Å²) in [6.45, 7) is 0. The molecule has 41 heavy (non-hydrogen) atoms. The van der Waals surface area contributed by atoms with Gasteiger partial charge in [-0.05, 0) is 53.1 Å². The molecule has 1 amide bonds. The first-order valence-electron chi connectivity index (χ1n) is 13.4. The molecule has 3 aliphatic rings. The monoisotopic (exact) mass is 560 g/mol. The molecule has 4 atom stereocenters. The number of benzene rings is 4. The number of Topliss-reactive ketones (excluding diaryl/α,β-unsaturated/α-hetero) is 2. The van der Waals surface area contributed by atoms with E-state index in [1.54, 1.807) is 48.5 Å². The molecule has 3 aliphatic heterocycles. The summed E-state index contributed by atoms with van der Waals surface area (Å²) >= 11 is 6.60. The Morgan fingerprint density at radius 2 is 1.66 bits per heavy atom. The van der Waals surface area contributed by atoms with Crippen LogP contribution < -0.4 is 10.1 Å². The van der Waals surface area contributed by atoms with Crippen LogP contribution in [0.4, 0.5) is 5.69 Å². The van der Waals surface area contributed by atoms with Gasteiger partial charge in [-0.2, -0.15) is 0 Å². The summed E-state index contributed by atoms with van der Waals surface area (Å²) in [6, 6.07) is 27.3. The first kappa shape index (κ1) is 25.3. The molecule has 0 aliphatic carbocycles. The number of anilines is 1. The molecule has 4 aromatic carbocycles. The number of amides is 1. The molecule has 7 heteroatoms. The van der Waals surface area contributed by atoms with Crippen molar-refractivity contribution in [2.75, 3.05) is 12.4 Å². The number of carbonyl (C=O) groups excluding carboxylic acids is 3. The van der Waals surface area contributed by atoms with E-state index in [0.29, 0.717) is 22.6 Å². The molecule has 4 aromatic rings. The number of methoxy groups -OCH3 is 1. The zero-order chi connectivity index (χ0) is 28.3. The van der Waals surface area contributed by atoms with E-state index in [-0.39, 0.29) is 28.1 Å². The predicted molar refractivity (Wildman–Crippen MR) is 157 cm³/mol. The Labute approximate surface area is 242 Å². The molecule has 1 spiro atoms. The lowest BCUT2D eigenvalue weighted by Gasteiger charge is -2.38. The fourth-order valence-electron chi connectivity index (χ4n) is 6.94. The molecule has 0 bridgehead atoms. The summed E-state index contributed by atoms with van der Waals surface area (Å²) in [7, 11) is 1.54. The maximum Gasteiger partial charge on any atom is 0.238 e. The van der Waals surface area contributed by atoms with Crippen LogP contribution in [0.5, 0.6) is 5.75 Å². The molecular formula is C34H25ClN2O4. The normalized spacial score (nSPS) is 23.5. The third-order valence-corrected chi connectivity index (χ3v) is 8.94. The third kappa shape index (κ3) is 3.54. The van der Waals surface area contributed by atoms with E-state index in [0.717, 1.165) is 11.1 Å². The highest BCUT2D eigenvalue weighted by atomic mass is 35.5. The number of para-hydroxylation sites is 1. The van der Waals surface area contributed by atoms with E-state index >= 15 is 0 Å². The minimum absolute atomic E-state index is 0.271. The van der Waals surface area contributed by atoms with E-state index in [9.17, 15) is 14.4 Å². The van der Waals surface area contributed by atoms with Gasteiger partial charge in [-0.1, -0.05) is 78.3 Å². The zero-order valence-corrected chi connectivity index (χ0v) is 22.8. The van der Waals surface area contributed by atoms with Crippen LogP contribution >= 0.6 is 11.6 Å². The Morgan fingerprint density at radius 1 is 0.902 bits per heavy atom. The Hall–Kier alpha value is -4.68. The van der Waals surface area contributed by atoms with Crippen molar-refractivity contribution < 1.29 is 19.1 Å². The standard InChI is InChI=1S/C34H25ClN2O4/c1-41-22-11-8-10-21(19-22)30(38)29-28(31(39)24-13-4-6-15-26(24)35)34(25-14-5-7-16-27(25)36-33(34)40)32-23-12-3-2-9-20(23)17-18-37(29)32/h2-19,28-29,32H,1H3,(H,36,40)/t28-,29+,32-,34+/m1/s1. The summed E-state index contributed by atoms with van der Waals surface area (Å²) in [5, 5.41) is 3.33. The van der Waals surface area contributed by atoms with Crippen LogP contribution in [0, 0.1) is 5.92 Å². The molecule has 1 saturated heterocycles. The van der Waals surface area contributed by atoms with Crippen LogP contribution in [0.15, 0.2) is 103 Å². The minimum atomic E-state index is -1.41. The maximum absolute atomic E-state index is 14.8. The number of rotatable bonds is 5. The Bertz CT molecular complexity index is 1780. The second-order valence-corrected chi connectivity index (χ2v) is 10.9. The van der Waals surface area contributed by atoms with Crippen molar-refractivity contribution in [3.63, 3.8) is 0 Å². The van der Waals surface area contributed by atoms with Crippen molar-refractivity contribution in [3.05, 3.63) is 136 Å². The van der Waals surface area contributed by atoms with Gasteiger partial charge in [0.15, 0.2) is 11.6 Å². The molecule has 7 rings (SSSR count). The molecule has 6 nitrogen and oxygen atoms in total. The van der Waals surface area contributed by atoms with Gasteiger partial charge >= 0.3 is 0 Å². The highest BCUT2D eigenvalue weighted by Gasteiger charge is 2.70. The topological polar surface area (TPSA) is 75.7 Å². The van der Waals surface area contributed by atoms with Crippen LogP contribution in [0.1, 0.15) is 43.4 Å². The van der Waals surface area contributed by atoms with E-state index in [1.165, 1.54) is 7.11 Å². The van der Waals surface area contributed by atoms with Gasteiger partial charge in [0.1, 0.15) is 17.2 Å². The van der Waals surface area contributed by atoms with Gasteiger partial charge in [-0.25, -0.2) is 0 Å². The lowest BCUT2D eigenvalue weighted by Crippen LogP contribution is -2.49. The number of carbonyl (C=O) groups is 3. The number of hydrogen-bond donors (Lipinski definition) is 1. The van der Waals surface area contributed by atoms with Crippen molar-refractivity contribution in [2.45, 2.75) is 17.5 Å². The van der Waals surface area contributed by atoms with Crippen LogP contribution in [0.25, 0.3) is 6.08 Å². The predicted octanol–water partition coefficient (Wildman–Crippen LogP) is 6.33. The Kier molecular flexibility index (Phi) is 5.84. The molecule has 3 heterocycles. The smallest absolute Gasteiger partial charge is 0.238 e. The van der Waals surface area contributed by atoms with Crippen LogP contribution in [-0.2, 0) is 10.2 Å². The SMILES string of the molecule is COc1cccc(C(=O)[C@@H]2[C@H](C(=O)c3ccccc3Cl)[C@]3(C(=O)Nc4ccccc43)[C@H]3c4ccccc4C=CN23)c1. The number of fused-ring (bicyclic) bond motifs is 6. The Balaban J connectivity index is 1.54. The van der Waals surface area contributed by atoms with Crippen molar-refractivity contribution in [1.29, 1.82) is 0 Å². The fraction of sp³-hybridized carbons (Fsp3) is 0.147. The Morgan fingerprint density at radius 3 is 2.49 bits per heavy atom. The van der Waals surface area contributed by atoms with Crippen molar-refractivity contribution in [2.24, 2.45) is 5.92 Å². The van der Waals surface area contributed by atoms with Crippen molar-refractivity contribution >= 4 is 40.8 Å². The molecular weight excluding hydrogens is 536 g/mol. The lowest BCUT2D eigenvalue weighted by molar-refractivity contribution is -0.122. The third-order valence-electron chi connectivity index (χ3n) is 8.62. The molecule has 0 radical (unpaired) electrons. The summed E-state index contributed by atoms with van der Waals surface area (Å²) in [5.74, 6) is -1.52. The van der Waals surface area contributed by atoms with Crippen LogP contribution in [-0.4, -0.2) is 35.5 Å². The summed E-state index contributed by atoms with van der Waals surface area (Å²) < 4.78 is 5.41. The highest BCUT2D eigenvalue weighted by molar-refractivity contribution is 6.34. The van der Waals surface area contributed by atoms with E-state index in [2.05, 4.69) is 5.32 Å². The number of nitrogens with one attached hydrogen (secondary N) is 1. The van der Waals surface area contributed by atoms with Crippen molar-refractivity contribution in [1.82, 2.24) is 4.90 Å². The number of ketones is 2. The number of ether oxygens (including phenoxy) is 1. The van der Waals surface area contributed by atoms with Gasteiger partial charge in [-0.15, -0.1) is 0 Å². The first-order valence-corrected chi connectivity index (χ1v) is 13.8. The molecule has 1 N–H and O–H groups in total. The number of nitrogens with zero attached hydrogens (tertiary/aromatic N) is 1. The van der Waals surface area contributed by atoms with Gasteiger partial charge in [0, 0.05) is 23.0 Å². The largest absolute Gasteiger partial charge is 0.497 e. The summed E-state index contributed by atoms with van der Waals surface area (Å²) in [4.78, 5) is 45.8. The van der Waals surface area contributed by atoms with Gasteiger partial charge in [-0.3, -0.25) is 14.4 Å². The van der Waals surface area contributed by atoms with Gasteiger partial charge in [0.25, 0.3) is 0 Å². The highest BCUT2D eigenvalue weighted by Crippen LogP contribution is 2.62. The first-order chi connectivity index (χ1) is 20.0. The average Bonchev–Trinajstić information content (AvgIpc) is 3.49. The number of hydrogen-bond acceptors (Lipinski definition) is 5. The molecule has 0 unspecified atom stereocenters.